The smallest absolute Gasteiger partial charge is 0.340 e. The average Bonchev–Trinajstić information content (AvgIpc) is 3.17. The van der Waals surface area contributed by atoms with E-state index in [1.54, 1.807) is 80.8 Å². The largest absolute Gasteiger partial charge is 0.497 e. The topological polar surface area (TPSA) is 94.2 Å². The summed E-state index contributed by atoms with van der Waals surface area (Å²) in [7, 11) is 2.85. The van der Waals surface area contributed by atoms with Crippen LogP contribution in [0, 0.1) is 0 Å². The Morgan fingerprint density at radius 2 is 1.66 bits per heavy atom. The van der Waals surface area contributed by atoms with E-state index in [0.717, 1.165) is 4.47 Å². The molecule has 1 heterocycles. The summed E-state index contributed by atoms with van der Waals surface area (Å²) >= 11 is 3.42. The third kappa shape index (κ3) is 5.95. The fourth-order valence-electron chi connectivity index (χ4n) is 3.95. The minimum Gasteiger partial charge on any atom is -0.497 e. The first-order valence-electron chi connectivity index (χ1n) is 11.6. The Bertz CT molecular complexity index is 1430. The highest BCUT2D eigenvalue weighted by molar-refractivity contribution is 9.10. The molecule has 0 fully saturated rings. The van der Waals surface area contributed by atoms with Gasteiger partial charge >= 0.3 is 5.97 Å². The van der Waals surface area contributed by atoms with Crippen molar-refractivity contribution in [2.24, 2.45) is 0 Å². The molecule has 1 aliphatic rings. The van der Waals surface area contributed by atoms with Crippen molar-refractivity contribution < 1.29 is 28.6 Å². The van der Waals surface area contributed by atoms with E-state index in [1.165, 1.54) is 12.0 Å². The number of hydrogen-bond donors (Lipinski definition) is 1. The average molecular weight is 577 g/mol. The molecular weight excluding hydrogens is 552 g/mol. The van der Waals surface area contributed by atoms with Gasteiger partial charge in [0.2, 0.25) is 0 Å². The van der Waals surface area contributed by atoms with Gasteiger partial charge in [0.15, 0.2) is 6.61 Å². The normalized spacial score (nSPS) is 14.1. The van der Waals surface area contributed by atoms with Crippen LogP contribution in [-0.2, 0) is 19.1 Å². The molecule has 194 valence electrons. The van der Waals surface area contributed by atoms with E-state index < -0.39 is 5.97 Å². The van der Waals surface area contributed by atoms with Gasteiger partial charge in [0.1, 0.15) is 11.5 Å². The summed E-state index contributed by atoms with van der Waals surface area (Å²) in [5, 5.41) is 2.75. The van der Waals surface area contributed by atoms with E-state index >= 15 is 0 Å². The van der Waals surface area contributed by atoms with Crippen molar-refractivity contribution in [3.05, 3.63) is 99.7 Å². The lowest BCUT2D eigenvalue weighted by Crippen LogP contribution is -2.24. The predicted octanol–water partition coefficient (Wildman–Crippen LogP) is 5.35. The lowest BCUT2D eigenvalue weighted by atomic mass is 10.0. The number of rotatable bonds is 8. The van der Waals surface area contributed by atoms with Crippen LogP contribution in [-0.4, -0.2) is 38.6 Å². The Balaban J connectivity index is 1.48. The maximum Gasteiger partial charge on any atom is 0.340 e. The van der Waals surface area contributed by atoms with Gasteiger partial charge < -0.3 is 19.5 Å². The summed E-state index contributed by atoms with van der Waals surface area (Å²) in [6.45, 7) is 1.53. The zero-order chi connectivity index (χ0) is 27.2. The lowest BCUT2D eigenvalue weighted by molar-refractivity contribution is -0.136. The molecule has 4 rings (SSSR count). The van der Waals surface area contributed by atoms with Gasteiger partial charge in [-0.2, -0.15) is 0 Å². The number of amides is 2. The maximum absolute atomic E-state index is 13.4. The molecular formula is C29H25BrN2O6. The molecule has 38 heavy (non-hydrogen) atoms. The van der Waals surface area contributed by atoms with Gasteiger partial charge in [-0.1, -0.05) is 34.1 Å². The molecule has 1 N–H and O–H groups in total. The highest BCUT2D eigenvalue weighted by Gasteiger charge is 2.37. The Morgan fingerprint density at radius 1 is 0.974 bits per heavy atom. The molecule has 3 aromatic carbocycles. The molecule has 0 atom stereocenters. The molecule has 0 bridgehead atoms. The van der Waals surface area contributed by atoms with Crippen molar-refractivity contribution in [2.75, 3.05) is 31.0 Å². The van der Waals surface area contributed by atoms with Crippen molar-refractivity contribution >= 4 is 51.2 Å². The van der Waals surface area contributed by atoms with Crippen LogP contribution in [0.5, 0.6) is 11.5 Å². The Labute approximate surface area is 228 Å². The number of nitrogens with one attached hydrogen (secondary N) is 1. The van der Waals surface area contributed by atoms with E-state index in [9.17, 15) is 14.4 Å². The van der Waals surface area contributed by atoms with Crippen LogP contribution in [0.2, 0.25) is 0 Å². The molecule has 0 saturated carbocycles. The molecule has 1 aliphatic heterocycles. The number of methoxy groups -OCH3 is 2. The van der Waals surface area contributed by atoms with Crippen molar-refractivity contribution in [2.45, 2.75) is 6.92 Å². The molecule has 2 amide bonds. The van der Waals surface area contributed by atoms with Crippen LogP contribution < -0.4 is 19.7 Å². The standard InChI is InChI=1S/C29H25BrN2O6/c1-18-27(29(35)37-3)25(28(34)32(18)22-6-4-5-20(30)16-22)15-19-7-11-24(12-8-19)38-17-26(33)31-21-9-13-23(36-2)14-10-21/h4-16H,17H2,1-3H3,(H,31,33)/b25-15-. The van der Waals surface area contributed by atoms with E-state index in [1.807, 2.05) is 12.1 Å². The Hall–Kier alpha value is -4.37. The van der Waals surface area contributed by atoms with Crippen LogP contribution in [0.1, 0.15) is 12.5 Å². The monoisotopic (exact) mass is 576 g/mol. The van der Waals surface area contributed by atoms with Crippen LogP contribution in [0.4, 0.5) is 11.4 Å². The van der Waals surface area contributed by atoms with E-state index in [0.29, 0.717) is 34.1 Å². The lowest BCUT2D eigenvalue weighted by Gasteiger charge is -2.18. The molecule has 0 aliphatic carbocycles. The SMILES string of the molecule is COC(=O)C1=C(C)N(c2cccc(Br)c2)C(=O)/C1=C\c1ccc(OCC(=O)Nc2ccc(OC)cc2)cc1. The predicted molar refractivity (Wildman–Crippen MR) is 148 cm³/mol. The van der Waals surface area contributed by atoms with Crippen molar-refractivity contribution in [3.63, 3.8) is 0 Å². The number of nitrogens with zero attached hydrogens (tertiary/aromatic N) is 1. The third-order valence-corrected chi connectivity index (χ3v) is 6.28. The minimum atomic E-state index is -0.595. The first-order chi connectivity index (χ1) is 18.3. The van der Waals surface area contributed by atoms with Crippen LogP contribution >= 0.6 is 15.9 Å². The second-order valence-electron chi connectivity index (χ2n) is 8.26. The number of benzene rings is 3. The second kappa shape index (κ2) is 11.8. The number of allylic oxidation sites excluding steroid dienone is 1. The zero-order valence-corrected chi connectivity index (χ0v) is 22.6. The molecule has 0 unspecified atom stereocenters. The van der Waals surface area contributed by atoms with Gasteiger partial charge in [0.25, 0.3) is 11.8 Å². The van der Waals surface area contributed by atoms with Gasteiger partial charge in [-0.05, 0) is 73.2 Å². The van der Waals surface area contributed by atoms with Gasteiger partial charge in [0.05, 0.1) is 31.1 Å². The highest BCUT2D eigenvalue weighted by Crippen LogP contribution is 2.36. The van der Waals surface area contributed by atoms with Crippen LogP contribution in [0.25, 0.3) is 6.08 Å². The summed E-state index contributed by atoms with van der Waals surface area (Å²) in [5.74, 6) is -0.0721. The number of ether oxygens (including phenoxy) is 3. The van der Waals surface area contributed by atoms with Crippen LogP contribution in [0.3, 0.4) is 0 Å². The Kier molecular flexibility index (Phi) is 8.28. The summed E-state index contributed by atoms with van der Waals surface area (Å²) in [5.41, 5.74) is 2.84. The summed E-state index contributed by atoms with van der Waals surface area (Å²) < 4.78 is 16.5. The van der Waals surface area contributed by atoms with Crippen molar-refractivity contribution in [1.29, 1.82) is 0 Å². The molecule has 0 radical (unpaired) electrons. The molecule has 3 aromatic rings. The molecule has 8 nitrogen and oxygen atoms in total. The zero-order valence-electron chi connectivity index (χ0n) is 21.0. The van der Waals surface area contributed by atoms with E-state index in [2.05, 4.69) is 21.2 Å². The summed E-state index contributed by atoms with van der Waals surface area (Å²) in [6.07, 6.45) is 1.64. The summed E-state index contributed by atoms with van der Waals surface area (Å²) in [6, 6.07) is 21.1. The molecule has 9 heteroatoms. The number of hydrogen-bond acceptors (Lipinski definition) is 6. The fourth-order valence-corrected chi connectivity index (χ4v) is 4.34. The van der Waals surface area contributed by atoms with Crippen molar-refractivity contribution in [1.82, 2.24) is 0 Å². The molecule has 0 aromatic heterocycles. The number of anilines is 2. The van der Waals surface area contributed by atoms with Gasteiger partial charge in [-0.3, -0.25) is 14.5 Å². The first-order valence-corrected chi connectivity index (χ1v) is 12.4. The van der Waals surface area contributed by atoms with Crippen LogP contribution in [0.15, 0.2) is 94.1 Å². The van der Waals surface area contributed by atoms with E-state index in [4.69, 9.17) is 14.2 Å². The minimum absolute atomic E-state index is 0.180. The fraction of sp³-hybridized carbons (Fsp3) is 0.138. The highest BCUT2D eigenvalue weighted by atomic mass is 79.9. The maximum atomic E-state index is 13.4. The number of esters is 1. The quantitative estimate of drug-likeness (QED) is 0.287. The molecule has 0 saturated heterocycles. The number of carbonyl (C=O) groups excluding carboxylic acids is 3. The first kappa shape index (κ1) is 26.7. The van der Waals surface area contributed by atoms with Gasteiger partial charge in [0, 0.05) is 15.9 Å². The number of halogens is 1. The van der Waals surface area contributed by atoms with E-state index in [-0.39, 0.29) is 29.6 Å². The number of carbonyl (C=O) groups is 3. The van der Waals surface area contributed by atoms with Crippen molar-refractivity contribution in [3.8, 4) is 11.5 Å². The van der Waals surface area contributed by atoms with Gasteiger partial charge in [-0.15, -0.1) is 0 Å². The second-order valence-corrected chi connectivity index (χ2v) is 9.18. The van der Waals surface area contributed by atoms with Gasteiger partial charge in [-0.25, -0.2) is 4.79 Å². The summed E-state index contributed by atoms with van der Waals surface area (Å²) in [4.78, 5) is 39.7. The third-order valence-electron chi connectivity index (χ3n) is 5.79. The Morgan fingerprint density at radius 3 is 2.29 bits per heavy atom. The molecule has 0 spiro atoms.